The highest BCUT2D eigenvalue weighted by molar-refractivity contribution is 7.99. The highest BCUT2D eigenvalue weighted by Gasteiger charge is 2.27. The quantitative estimate of drug-likeness (QED) is 0.858. The molecule has 0 bridgehead atoms. The summed E-state index contributed by atoms with van der Waals surface area (Å²) in [5, 5.41) is 14.8. The second kappa shape index (κ2) is 6.09. The molecule has 1 aliphatic carbocycles. The minimum Gasteiger partial charge on any atom is -0.384 e. The molecule has 0 aromatic heterocycles. The van der Waals surface area contributed by atoms with Crippen molar-refractivity contribution in [2.24, 2.45) is 0 Å². The third-order valence-electron chi connectivity index (χ3n) is 3.85. The fraction of sp³-hybridized carbons (Fsp3) is 0.600. The maximum atomic E-state index is 10.5. The Morgan fingerprint density at radius 1 is 1.33 bits per heavy atom. The van der Waals surface area contributed by atoms with E-state index in [9.17, 15) is 5.11 Å². The van der Waals surface area contributed by atoms with Crippen LogP contribution in [0.1, 0.15) is 31.7 Å². The van der Waals surface area contributed by atoms with Crippen LogP contribution in [0.4, 0.5) is 0 Å². The fourth-order valence-corrected chi connectivity index (χ4v) is 3.38. The van der Waals surface area contributed by atoms with E-state index in [4.69, 9.17) is 0 Å². The molecule has 1 aliphatic rings. The van der Waals surface area contributed by atoms with Crippen LogP contribution in [0.15, 0.2) is 30.3 Å². The van der Waals surface area contributed by atoms with Crippen molar-refractivity contribution in [3.05, 3.63) is 35.9 Å². The maximum absolute atomic E-state index is 10.5. The van der Waals surface area contributed by atoms with E-state index in [0.29, 0.717) is 12.6 Å². The van der Waals surface area contributed by atoms with Gasteiger partial charge >= 0.3 is 0 Å². The molecule has 3 unspecified atom stereocenters. The van der Waals surface area contributed by atoms with Gasteiger partial charge in [0, 0.05) is 17.8 Å². The number of hydrogen-bond acceptors (Lipinski definition) is 3. The summed E-state index contributed by atoms with van der Waals surface area (Å²) in [5.74, 6) is 0. The Hall–Kier alpha value is -0.510. The highest BCUT2D eigenvalue weighted by Crippen LogP contribution is 2.29. The average Bonchev–Trinajstić information content (AvgIpc) is 2.86. The lowest BCUT2D eigenvalue weighted by atomic mass is 9.96. The second-order valence-corrected chi connectivity index (χ2v) is 6.53. The molecule has 0 spiro atoms. The molecule has 3 atom stereocenters. The number of thioether (sulfide) groups is 1. The second-order valence-electron chi connectivity index (χ2n) is 5.39. The van der Waals surface area contributed by atoms with Gasteiger partial charge in [-0.15, -0.1) is 0 Å². The maximum Gasteiger partial charge on any atom is 0.0992 e. The van der Waals surface area contributed by atoms with Crippen LogP contribution in [0.5, 0.6) is 0 Å². The van der Waals surface area contributed by atoms with Crippen molar-refractivity contribution in [3.8, 4) is 0 Å². The lowest BCUT2D eigenvalue weighted by Crippen LogP contribution is -2.40. The van der Waals surface area contributed by atoms with E-state index in [2.05, 4.69) is 11.6 Å². The zero-order chi connectivity index (χ0) is 13.0. The molecule has 1 saturated carbocycles. The van der Waals surface area contributed by atoms with Crippen LogP contribution >= 0.6 is 11.8 Å². The zero-order valence-corrected chi connectivity index (χ0v) is 12.0. The largest absolute Gasteiger partial charge is 0.384 e. The minimum absolute atomic E-state index is 0.567. The predicted molar refractivity (Wildman–Crippen MR) is 79.0 cm³/mol. The van der Waals surface area contributed by atoms with E-state index in [1.807, 2.05) is 49.0 Å². The third-order valence-corrected chi connectivity index (χ3v) is 4.94. The van der Waals surface area contributed by atoms with E-state index in [0.717, 1.165) is 10.8 Å². The summed E-state index contributed by atoms with van der Waals surface area (Å²) in [6.45, 7) is 2.51. The molecule has 2 rings (SSSR count). The average molecular weight is 265 g/mol. The Bertz CT molecular complexity index is 366. The van der Waals surface area contributed by atoms with Crippen molar-refractivity contribution in [1.29, 1.82) is 0 Å². The van der Waals surface area contributed by atoms with Gasteiger partial charge in [0.1, 0.15) is 0 Å². The number of rotatable bonds is 5. The van der Waals surface area contributed by atoms with Crippen molar-refractivity contribution in [3.63, 3.8) is 0 Å². The third kappa shape index (κ3) is 3.50. The summed E-state index contributed by atoms with van der Waals surface area (Å²) in [6.07, 6.45) is 5.95. The van der Waals surface area contributed by atoms with Crippen molar-refractivity contribution in [2.45, 2.75) is 43.1 Å². The van der Waals surface area contributed by atoms with Crippen molar-refractivity contribution in [1.82, 2.24) is 5.32 Å². The van der Waals surface area contributed by atoms with Gasteiger partial charge in [-0.05, 0) is 38.0 Å². The lowest BCUT2D eigenvalue weighted by Gasteiger charge is -2.26. The van der Waals surface area contributed by atoms with Crippen LogP contribution in [0.3, 0.4) is 0 Å². The van der Waals surface area contributed by atoms with Gasteiger partial charge in [-0.3, -0.25) is 0 Å². The predicted octanol–water partition coefficient (Wildman–Crippen LogP) is 2.77. The van der Waals surface area contributed by atoms with Crippen LogP contribution < -0.4 is 5.32 Å². The van der Waals surface area contributed by atoms with Gasteiger partial charge in [0.05, 0.1) is 5.60 Å². The highest BCUT2D eigenvalue weighted by atomic mass is 32.2. The molecule has 0 amide bonds. The summed E-state index contributed by atoms with van der Waals surface area (Å²) >= 11 is 1.96. The molecule has 0 saturated heterocycles. The first-order valence-corrected chi connectivity index (χ1v) is 7.94. The Morgan fingerprint density at radius 3 is 2.67 bits per heavy atom. The van der Waals surface area contributed by atoms with Gasteiger partial charge in [-0.1, -0.05) is 30.3 Å². The number of hydrogen-bond donors (Lipinski definition) is 2. The molecule has 100 valence electrons. The molecule has 3 heteroatoms. The first kappa shape index (κ1) is 13.9. The van der Waals surface area contributed by atoms with Gasteiger partial charge in [-0.2, -0.15) is 11.8 Å². The number of benzene rings is 1. The summed E-state index contributed by atoms with van der Waals surface area (Å²) in [6, 6.07) is 10.5. The summed E-state index contributed by atoms with van der Waals surface area (Å²) in [7, 11) is 0. The summed E-state index contributed by atoms with van der Waals surface area (Å²) < 4.78 is 0. The van der Waals surface area contributed by atoms with Gasteiger partial charge in [-0.25, -0.2) is 0 Å². The Morgan fingerprint density at radius 2 is 2.06 bits per heavy atom. The Kier molecular flexibility index (Phi) is 4.71. The molecular formula is C15H23NOS. The standard InChI is InChI=1S/C15H23NOS/c1-15(17,12-6-4-3-5-7-12)11-16-13-8-9-14(10-13)18-2/h3-7,13-14,16-17H,8-11H2,1-2H3. The van der Waals surface area contributed by atoms with Gasteiger partial charge < -0.3 is 10.4 Å². The molecule has 1 aromatic rings. The first-order chi connectivity index (χ1) is 8.62. The minimum atomic E-state index is -0.779. The van der Waals surface area contributed by atoms with Gasteiger partial charge in [0.15, 0.2) is 0 Å². The van der Waals surface area contributed by atoms with Crippen molar-refractivity contribution in [2.75, 3.05) is 12.8 Å². The van der Waals surface area contributed by atoms with E-state index in [1.54, 1.807) is 0 Å². The van der Waals surface area contributed by atoms with Crippen LogP contribution in [-0.4, -0.2) is 29.2 Å². The molecule has 2 N–H and O–H groups in total. The fourth-order valence-electron chi connectivity index (χ4n) is 2.58. The van der Waals surface area contributed by atoms with E-state index in [1.165, 1.54) is 19.3 Å². The van der Waals surface area contributed by atoms with E-state index in [-0.39, 0.29) is 0 Å². The monoisotopic (exact) mass is 265 g/mol. The van der Waals surface area contributed by atoms with Crippen molar-refractivity contribution < 1.29 is 5.11 Å². The molecule has 18 heavy (non-hydrogen) atoms. The first-order valence-electron chi connectivity index (χ1n) is 6.66. The number of nitrogens with one attached hydrogen (secondary N) is 1. The van der Waals surface area contributed by atoms with Crippen LogP contribution in [-0.2, 0) is 5.60 Å². The van der Waals surface area contributed by atoms with Gasteiger partial charge in [0.2, 0.25) is 0 Å². The molecule has 0 aliphatic heterocycles. The normalized spacial score (nSPS) is 27.1. The van der Waals surface area contributed by atoms with Crippen LogP contribution in [0.2, 0.25) is 0 Å². The number of aliphatic hydroxyl groups is 1. The van der Waals surface area contributed by atoms with E-state index >= 15 is 0 Å². The zero-order valence-electron chi connectivity index (χ0n) is 11.2. The van der Waals surface area contributed by atoms with Crippen LogP contribution in [0, 0.1) is 0 Å². The molecule has 0 radical (unpaired) electrons. The van der Waals surface area contributed by atoms with E-state index < -0.39 is 5.60 Å². The summed E-state index contributed by atoms with van der Waals surface area (Å²) in [5.41, 5.74) is 0.204. The van der Waals surface area contributed by atoms with Crippen molar-refractivity contribution >= 4 is 11.8 Å². The smallest absolute Gasteiger partial charge is 0.0992 e. The summed E-state index contributed by atoms with van der Waals surface area (Å²) in [4.78, 5) is 0. The molecular weight excluding hydrogens is 242 g/mol. The molecule has 1 aromatic carbocycles. The SMILES string of the molecule is CSC1CCC(NCC(C)(O)c2ccccc2)C1. The lowest BCUT2D eigenvalue weighted by molar-refractivity contribution is 0.0540. The topological polar surface area (TPSA) is 32.3 Å². The Balaban J connectivity index is 1.86. The molecule has 1 fully saturated rings. The molecule has 0 heterocycles. The Labute approximate surface area is 114 Å². The van der Waals surface area contributed by atoms with Gasteiger partial charge in [0.25, 0.3) is 0 Å². The molecule has 2 nitrogen and oxygen atoms in total. The van der Waals surface area contributed by atoms with Crippen LogP contribution in [0.25, 0.3) is 0 Å².